The molecule has 0 spiro atoms. The lowest BCUT2D eigenvalue weighted by Crippen LogP contribution is -2.54. The fraction of sp³-hybridized carbons (Fsp3) is 0.947. The zero-order valence-electron chi connectivity index (χ0n) is 15.6. The fourth-order valence-electron chi connectivity index (χ4n) is 5.03. The second kappa shape index (κ2) is 7.80. The lowest BCUT2D eigenvalue weighted by molar-refractivity contribution is -0.0139. The van der Waals surface area contributed by atoms with E-state index in [4.69, 9.17) is 14.5 Å². The van der Waals surface area contributed by atoms with Crippen molar-refractivity contribution in [2.75, 3.05) is 39.4 Å². The first-order chi connectivity index (χ1) is 12.3. The van der Waals surface area contributed by atoms with Crippen molar-refractivity contribution in [2.24, 2.45) is 4.99 Å². The zero-order chi connectivity index (χ0) is 17.1. The van der Waals surface area contributed by atoms with Crippen molar-refractivity contribution < 1.29 is 9.47 Å². The van der Waals surface area contributed by atoms with Gasteiger partial charge in [-0.1, -0.05) is 0 Å². The first kappa shape index (κ1) is 17.6. The predicted octanol–water partition coefficient (Wildman–Crippen LogP) is 1.51. The molecule has 2 N–H and O–H groups in total. The maximum Gasteiger partial charge on any atom is 0.191 e. The van der Waals surface area contributed by atoms with Gasteiger partial charge in [0.25, 0.3) is 0 Å². The van der Waals surface area contributed by atoms with Crippen molar-refractivity contribution in [3.05, 3.63) is 0 Å². The van der Waals surface area contributed by atoms with Crippen molar-refractivity contribution >= 4 is 5.96 Å². The van der Waals surface area contributed by atoms with E-state index in [0.717, 1.165) is 51.5 Å². The third-order valence-electron chi connectivity index (χ3n) is 6.50. The number of rotatable bonds is 5. The molecule has 4 aliphatic heterocycles. The highest BCUT2D eigenvalue weighted by Gasteiger charge is 2.42. The molecule has 4 saturated heterocycles. The Balaban J connectivity index is 1.43. The number of hydrogen-bond donors (Lipinski definition) is 2. The summed E-state index contributed by atoms with van der Waals surface area (Å²) in [6.45, 7) is 8.09. The van der Waals surface area contributed by atoms with E-state index < -0.39 is 0 Å². The Hall–Kier alpha value is -0.850. The maximum absolute atomic E-state index is 5.99. The Bertz CT molecular complexity index is 472. The number of hydrogen-bond acceptors (Lipinski definition) is 4. The van der Waals surface area contributed by atoms with Crippen LogP contribution in [-0.2, 0) is 9.47 Å². The summed E-state index contributed by atoms with van der Waals surface area (Å²) in [5.41, 5.74) is 0.197. The van der Waals surface area contributed by atoms with Crippen LogP contribution in [-0.4, -0.2) is 74.0 Å². The smallest absolute Gasteiger partial charge is 0.191 e. The van der Waals surface area contributed by atoms with Gasteiger partial charge in [-0.05, 0) is 65.0 Å². The Morgan fingerprint density at radius 3 is 2.64 bits per heavy atom. The molecule has 2 bridgehead atoms. The molecule has 6 nitrogen and oxygen atoms in total. The average Bonchev–Trinajstić information content (AvgIpc) is 3.38. The van der Waals surface area contributed by atoms with E-state index in [0.29, 0.717) is 18.2 Å². The Kier molecular flexibility index (Phi) is 5.48. The van der Waals surface area contributed by atoms with Crippen LogP contribution in [0.2, 0.25) is 0 Å². The van der Waals surface area contributed by atoms with Crippen LogP contribution in [0, 0.1) is 0 Å². The van der Waals surface area contributed by atoms with Crippen LogP contribution in [0.5, 0.6) is 0 Å². The second-order valence-electron chi connectivity index (χ2n) is 8.09. The lowest BCUT2D eigenvalue weighted by atomic mass is 9.88. The van der Waals surface area contributed by atoms with Crippen molar-refractivity contribution in [1.82, 2.24) is 15.5 Å². The minimum atomic E-state index is 0.197. The normalized spacial score (nSPS) is 35.2. The molecule has 3 atom stereocenters. The SMILES string of the molecule is CCNC(=NCC1(N2CCCC2)CCOCC1)NC1CC2CCC1O2. The van der Waals surface area contributed by atoms with Crippen LogP contribution in [0.1, 0.15) is 51.9 Å². The lowest BCUT2D eigenvalue weighted by Gasteiger charge is -2.43. The summed E-state index contributed by atoms with van der Waals surface area (Å²) in [5.74, 6) is 0.966. The molecule has 6 heteroatoms. The Morgan fingerprint density at radius 2 is 2.00 bits per heavy atom. The summed E-state index contributed by atoms with van der Waals surface area (Å²) in [6, 6.07) is 0.425. The standard InChI is InChI=1S/C19H34N4O2/c1-2-20-18(22-16-13-15-5-6-17(16)25-15)21-14-19(7-11-24-12-8-19)23-9-3-4-10-23/h15-17H,2-14H2,1H3,(H2,20,21,22). The van der Waals surface area contributed by atoms with Gasteiger partial charge in [0.15, 0.2) is 5.96 Å². The summed E-state index contributed by atoms with van der Waals surface area (Å²) in [7, 11) is 0. The largest absolute Gasteiger partial charge is 0.381 e. The number of likely N-dealkylation sites (tertiary alicyclic amines) is 1. The van der Waals surface area contributed by atoms with Crippen LogP contribution in [0.15, 0.2) is 4.99 Å². The van der Waals surface area contributed by atoms with Crippen LogP contribution in [0.3, 0.4) is 0 Å². The number of guanidine groups is 1. The number of fused-ring (bicyclic) bond motifs is 2. The molecule has 3 unspecified atom stereocenters. The van der Waals surface area contributed by atoms with E-state index in [1.165, 1.54) is 38.8 Å². The highest BCUT2D eigenvalue weighted by atomic mass is 16.5. The molecule has 0 radical (unpaired) electrons. The summed E-state index contributed by atoms with van der Waals surface area (Å²) < 4.78 is 11.6. The topological polar surface area (TPSA) is 58.1 Å². The Morgan fingerprint density at radius 1 is 1.20 bits per heavy atom. The number of aliphatic imine (C=N–C) groups is 1. The minimum Gasteiger partial charge on any atom is -0.381 e. The second-order valence-corrected chi connectivity index (χ2v) is 8.09. The van der Waals surface area contributed by atoms with Crippen molar-refractivity contribution in [1.29, 1.82) is 0 Å². The van der Waals surface area contributed by atoms with Crippen LogP contribution in [0.4, 0.5) is 0 Å². The molecule has 4 rings (SSSR count). The minimum absolute atomic E-state index is 0.197. The highest BCUT2D eigenvalue weighted by molar-refractivity contribution is 5.80. The van der Waals surface area contributed by atoms with Crippen LogP contribution >= 0.6 is 0 Å². The quantitative estimate of drug-likeness (QED) is 0.581. The molecule has 0 saturated carbocycles. The predicted molar refractivity (Wildman–Crippen MR) is 99.0 cm³/mol. The van der Waals surface area contributed by atoms with Gasteiger partial charge in [-0.3, -0.25) is 9.89 Å². The van der Waals surface area contributed by atoms with E-state index >= 15 is 0 Å². The maximum atomic E-state index is 5.99. The molecular weight excluding hydrogens is 316 g/mol. The van der Waals surface area contributed by atoms with Gasteiger partial charge in [0.05, 0.1) is 24.8 Å². The molecule has 4 fully saturated rings. The van der Waals surface area contributed by atoms with E-state index in [-0.39, 0.29) is 5.54 Å². The molecule has 0 aromatic rings. The van der Waals surface area contributed by atoms with E-state index in [1.54, 1.807) is 0 Å². The van der Waals surface area contributed by atoms with Gasteiger partial charge in [0.1, 0.15) is 0 Å². The first-order valence-corrected chi connectivity index (χ1v) is 10.3. The van der Waals surface area contributed by atoms with Crippen LogP contribution in [0.25, 0.3) is 0 Å². The van der Waals surface area contributed by atoms with Crippen molar-refractivity contribution in [3.8, 4) is 0 Å². The molecule has 0 aromatic heterocycles. The summed E-state index contributed by atoms with van der Waals surface area (Å²) in [5, 5.41) is 7.11. The molecule has 4 heterocycles. The van der Waals surface area contributed by atoms with Gasteiger partial charge >= 0.3 is 0 Å². The Labute approximate surface area is 151 Å². The summed E-state index contributed by atoms with van der Waals surface area (Å²) >= 11 is 0. The number of ether oxygens (including phenoxy) is 2. The van der Waals surface area contributed by atoms with Gasteiger partial charge in [0, 0.05) is 25.3 Å². The third-order valence-corrected chi connectivity index (χ3v) is 6.50. The molecular formula is C19H34N4O2. The number of nitrogens with one attached hydrogen (secondary N) is 2. The molecule has 0 aromatic carbocycles. The third kappa shape index (κ3) is 3.81. The fourth-order valence-corrected chi connectivity index (χ4v) is 5.03. The average molecular weight is 351 g/mol. The zero-order valence-corrected chi connectivity index (χ0v) is 15.6. The highest BCUT2D eigenvalue weighted by Crippen LogP contribution is 2.34. The van der Waals surface area contributed by atoms with Gasteiger partial charge in [0.2, 0.25) is 0 Å². The van der Waals surface area contributed by atoms with Gasteiger partial charge < -0.3 is 20.1 Å². The molecule has 0 amide bonds. The summed E-state index contributed by atoms with van der Waals surface area (Å²) in [4.78, 5) is 7.73. The molecule has 25 heavy (non-hydrogen) atoms. The van der Waals surface area contributed by atoms with Crippen molar-refractivity contribution in [3.63, 3.8) is 0 Å². The summed E-state index contributed by atoms with van der Waals surface area (Å²) in [6.07, 6.45) is 9.26. The monoisotopic (exact) mass is 350 g/mol. The van der Waals surface area contributed by atoms with E-state index in [1.807, 2.05) is 0 Å². The van der Waals surface area contributed by atoms with Crippen LogP contribution < -0.4 is 10.6 Å². The first-order valence-electron chi connectivity index (χ1n) is 10.3. The van der Waals surface area contributed by atoms with E-state index in [9.17, 15) is 0 Å². The number of nitrogens with zero attached hydrogens (tertiary/aromatic N) is 2. The van der Waals surface area contributed by atoms with Gasteiger partial charge in [-0.2, -0.15) is 0 Å². The molecule has 0 aliphatic carbocycles. The molecule has 4 aliphatic rings. The van der Waals surface area contributed by atoms with E-state index in [2.05, 4.69) is 22.5 Å². The van der Waals surface area contributed by atoms with Gasteiger partial charge in [-0.25, -0.2) is 0 Å². The van der Waals surface area contributed by atoms with Crippen molar-refractivity contribution in [2.45, 2.75) is 75.7 Å². The van der Waals surface area contributed by atoms with Gasteiger partial charge in [-0.15, -0.1) is 0 Å². The molecule has 142 valence electrons.